The van der Waals surface area contributed by atoms with E-state index < -0.39 is 0 Å². The lowest BCUT2D eigenvalue weighted by molar-refractivity contribution is -0.128. The largest absolute Gasteiger partial charge is 0.339 e. The fourth-order valence-corrected chi connectivity index (χ4v) is 5.20. The predicted molar refractivity (Wildman–Crippen MR) is 137 cm³/mol. The maximum atomic E-state index is 13.1. The molecule has 1 saturated heterocycles. The minimum Gasteiger partial charge on any atom is -0.339 e. The number of aromatic nitrogens is 2. The summed E-state index contributed by atoms with van der Waals surface area (Å²) in [6.45, 7) is 3.64. The molecule has 0 atom stereocenters. The summed E-state index contributed by atoms with van der Waals surface area (Å²) in [6.07, 6.45) is 0. The number of halogens is 1. The Morgan fingerprint density at radius 2 is 1.56 bits per heavy atom. The molecule has 0 bridgehead atoms. The third kappa shape index (κ3) is 5.09. The average molecular weight is 475 g/mol. The molecule has 0 N–H and O–H groups in total. The number of rotatable bonds is 7. The number of hydrogen-bond donors (Lipinski definition) is 0. The Morgan fingerprint density at radius 3 is 2.32 bits per heavy atom. The molecule has 5 nitrogen and oxygen atoms in total. The fourth-order valence-electron chi connectivity index (χ4n) is 4.31. The van der Waals surface area contributed by atoms with E-state index in [0.29, 0.717) is 24.6 Å². The number of carbonyl (C=O) groups excluding carboxylic acids is 1. The molecule has 0 radical (unpaired) electrons. The summed E-state index contributed by atoms with van der Waals surface area (Å²) in [6, 6.07) is 25.1. The second kappa shape index (κ2) is 10.3. The van der Waals surface area contributed by atoms with Gasteiger partial charge in [-0.25, -0.2) is 9.37 Å². The number of hydrogen-bond acceptors (Lipinski definition) is 4. The van der Waals surface area contributed by atoms with Crippen LogP contribution in [-0.2, 0) is 17.1 Å². The van der Waals surface area contributed by atoms with Crippen LogP contribution >= 0.6 is 11.8 Å². The second-order valence-electron chi connectivity index (χ2n) is 8.46. The average Bonchev–Trinajstić information content (AvgIpc) is 3.24. The minimum absolute atomic E-state index is 0.157. The number of thioether (sulfide) groups is 1. The van der Waals surface area contributed by atoms with Crippen LogP contribution in [0.4, 0.5) is 10.3 Å². The van der Waals surface area contributed by atoms with Crippen molar-refractivity contribution in [1.82, 2.24) is 14.5 Å². The van der Waals surface area contributed by atoms with Gasteiger partial charge in [0.05, 0.1) is 23.3 Å². The first-order valence-corrected chi connectivity index (χ1v) is 12.7. The topological polar surface area (TPSA) is 41.4 Å². The molecule has 1 amide bonds. The summed E-state index contributed by atoms with van der Waals surface area (Å²) in [5, 5.41) is 0. The van der Waals surface area contributed by atoms with Crippen molar-refractivity contribution in [2.75, 3.05) is 36.8 Å². The highest BCUT2D eigenvalue weighted by Gasteiger charge is 2.25. The molecule has 0 unspecified atom stereocenters. The quantitative estimate of drug-likeness (QED) is 0.386. The molecular weight excluding hydrogens is 447 g/mol. The summed E-state index contributed by atoms with van der Waals surface area (Å²) in [7, 11) is 0. The van der Waals surface area contributed by atoms with Crippen molar-refractivity contribution in [2.24, 2.45) is 0 Å². The lowest BCUT2D eigenvalue weighted by Crippen LogP contribution is -2.50. The van der Waals surface area contributed by atoms with Gasteiger partial charge in [-0.05, 0) is 35.4 Å². The maximum Gasteiger partial charge on any atom is 0.232 e. The zero-order valence-corrected chi connectivity index (χ0v) is 19.8. The molecule has 7 heteroatoms. The molecule has 0 saturated carbocycles. The predicted octanol–water partition coefficient (Wildman–Crippen LogP) is 4.81. The van der Waals surface area contributed by atoms with E-state index >= 15 is 0 Å². The van der Waals surface area contributed by atoms with Gasteiger partial charge < -0.3 is 14.4 Å². The highest BCUT2D eigenvalue weighted by Crippen LogP contribution is 2.25. The maximum absolute atomic E-state index is 13.1. The molecule has 1 fully saturated rings. The first kappa shape index (κ1) is 22.5. The van der Waals surface area contributed by atoms with Gasteiger partial charge in [0, 0.05) is 31.9 Å². The van der Waals surface area contributed by atoms with E-state index in [1.807, 2.05) is 17.0 Å². The van der Waals surface area contributed by atoms with Crippen LogP contribution in [0.1, 0.15) is 11.1 Å². The molecule has 174 valence electrons. The van der Waals surface area contributed by atoms with Gasteiger partial charge in [0.15, 0.2) is 0 Å². The molecule has 3 aromatic carbocycles. The number of para-hydroxylation sites is 2. The molecule has 4 aromatic rings. The van der Waals surface area contributed by atoms with Gasteiger partial charge in [0.2, 0.25) is 11.9 Å². The van der Waals surface area contributed by atoms with Crippen LogP contribution in [0.25, 0.3) is 11.0 Å². The third-order valence-corrected chi connectivity index (χ3v) is 7.13. The molecule has 5 rings (SSSR count). The Balaban J connectivity index is 1.22. The lowest BCUT2D eigenvalue weighted by Gasteiger charge is -2.35. The standard InChI is InChI=1S/C27H27FN4OS/c28-23-12-10-22(11-13-23)19-34-20-26(33)30-14-16-31(17-15-30)27-29-24-8-4-5-9-25(24)32(27)18-21-6-2-1-3-7-21/h1-13H,14-20H2. The summed E-state index contributed by atoms with van der Waals surface area (Å²) in [4.78, 5) is 21.9. The van der Waals surface area contributed by atoms with Crippen molar-refractivity contribution >= 4 is 34.7 Å². The van der Waals surface area contributed by atoms with E-state index in [9.17, 15) is 9.18 Å². The van der Waals surface area contributed by atoms with E-state index in [1.54, 1.807) is 23.9 Å². The number of piperazine rings is 1. The van der Waals surface area contributed by atoms with E-state index in [-0.39, 0.29) is 11.7 Å². The second-order valence-corrected chi connectivity index (χ2v) is 9.44. The monoisotopic (exact) mass is 474 g/mol. The normalized spacial score (nSPS) is 14.0. The molecule has 0 spiro atoms. The van der Waals surface area contributed by atoms with E-state index in [0.717, 1.165) is 42.2 Å². The van der Waals surface area contributed by atoms with Gasteiger partial charge in [-0.1, -0.05) is 54.6 Å². The molecule has 1 aromatic heterocycles. The molecular formula is C27H27FN4OS. The van der Waals surface area contributed by atoms with E-state index in [4.69, 9.17) is 4.98 Å². The first-order valence-electron chi connectivity index (χ1n) is 11.5. The zero-order valence-electron chi connectivity index (χ0n) is 18.9. The summed E-state index contributed by atoms with van der Waals surface area (Å²) >= 11 is 1.57. The summed E-state index contributed by atoms with van der Waals surface area (Å²) in [5.74, 6) is 2.02. The van der Waals surface area contributed by atoms with Gasteiger partial charge >= 0.3 is 0 Å². The highest BCUT2D eigenvalue weighted by molar-refractivity contribution is 7.99. The number of nitrogens with zero attached hydrogens (tertiary/aromatic N) is 4. The Bertz CT molecular complexity index is 1250. The lowest BCUT2D eigenvalue weighted by atomic mass is 10.2. The van der Waals surface area contributed by atoms with Crippen LogP contribution in [0.5, 0.6) is 0 Å². The fraction of sp³-hybridized carbons (Fsp3) is 0.259. The Labute approximate surface area is 203 Å². The van der Waals surface area contributed by atoms with Crippen LogP contribution in [0.2, 0.25) is 0 Å². The van der Waals surface area contributed by atoms with Crippen molar-refractivity contribution in [3.63, 3.8) is 0 Å². The Kier molecular flexibility index (Phi) is 6.81. The third-order valence-electron chi connectivity index (χ3n) is 6.14. The van der Waals surface area contributed by atoms with E-state index in [2.05, 4.69) is 51.9 Å². The first-order chi connectivity index (χ1) is 16.7. The van der Waals surface area contributed by atoms with Crippen molar-refractivity contribution in [3.8, 4) is 0 Å². The van der Waals surface area contributed by atoms with E-state index in [1.165, 1.54) is 17.7 Å². The number of fused-ring (bicyclic) bond motifs is 1. The highest BCUT2D eigenvalue weighted by atomic mass is 32.2. The molecule has 0 aliphatic carbocycles. The number of anilines is 1. The van der Waals surface area contributed by atoms with Crippen molar-refractivity contribution in [3.05, 3.63) is 95.8 Å². The van der Waals surface area contributed by atoms with Crippen LogP contribution in [-0.4, -0.2) is 52.3 Å². The van der Waals surface area contributed by atoms with Crippen molar-refractivity contribution < 1.29 is 9.18 Å². The summed E-state index contributed by atoms with van der Waals surface area (Å²) in [5.41, 5.74) is 4.38. The van der Waals surface area contributed by atoms with Gasteiger partial charge in [-0.2, -0.15) is 0 Å². The van der Waals surface area contributed by atoms with Crippen LogP contribution in [0, 0.1) is 5.82 Å². The SMILES string of the molecule is O=C(CSCc1ccc(F)cc1)N1CCN(c2nc3ccccc3n2Cc2ccccc2)CC1. The summed E-state index contributed by atoms with van der Waals surface area (Å²) < 4.78 is 15.3. The van der Waals surface area contributed by atoms with Gasteiger partial charge in [-0.15, -0.1) is 11.8 Å². The van der Waals surface area contributed by atoms with Crippen LogP contribution in [0.3, 0.4) is 0 Å². The molecule has 34 heavy (non-hydrogen) atoms. The van der Waals surface area contributed by atoms with Crippen molar-refractivity contribution in [1.29, 1.82) is 0 Å². The van der Waals surface area contributed by atoms with Gasteiger partial charge in [0.25, 0.3) is 0 Å². The minimum atomic E-state index is -0.236. The Hall–Kier alpha value is -3.32. The number of carbonyl (C=O) groups is 1. The van der Waals surface area contributed by atoms with Crippen LogP contribution < -0.4 is 4.90 Å². The Morgan fingerprint density at radius 1 is 0.853 bits per heavy atom. The number of amides is 1. The van der Waals surface area contributed by atoms with Crippen molar-refractivity contribution in [2.45, 2.75) is 12.3 Å². The number of imidazole rings is 1. The zero-order chi connectivity index (χ0) is 23.3. The van der Waals surface area contributed by atoms with Gasteiger partial charge in [0.1, 0.15) is 5.82 Å². The molecule has 2 heterocycles. The molecule has 1 aliphatic rings. The van der Waals surface area contributed by atoms with Gasteiger partial charge in [-0.3, -0.25) is 4.79 Å². The van der Waals surface area contributed by atoms with Crippen LogP contribution in [0.15, 0.2) is 78.9 Å². The molecule has 1 aliphatic heterocycles. The smallest absolute Gasteiger partial charge is 0.232 e. The number of benzene rings is 3.